The fraction of sp³-hybridized carbons (Fsp3) is 0.750. The van der Waals surface area contributed by atoms with Gasteiger partial charge in [-0.3, -0.25) is 9.59 Å². The summed E-state index contributed by atoms with van der Waals surface area (Å²) in [6.45, 7) is 6.28. The van der Waals surface area contributed by atoms with Crippen LogP contribution in [0.2, 0.25) is 0 Å². The van der Waals surface area contributed by atoms with Crippen LogP contribution in [0.5, 0.6) is 0 Å². The molecule has 4 bridgehead atoms. The maximum atomic E-state index is 13.5. The van der Waals surface area contributed by atoms with Crippen molar-refractivity contribution in [1.29, 1.82) is 0 Å². The molecular formula is C24H35N5O3S. The molecule has 5 fully saturated rings. The predicted octanol–water partition coefficient (Wildman–Crippen LogP) is 2.32. The lowest BCUT2D eigenvalue weighted by Crippen LogP contribution is -2.61. The molecule has 2 unspecified atom stereocenters. The van der Waals surface area contributed by atoms with E-state index >= 15 is 0 Å². The summed E-state index contributed by atoms with van der Waals surface area (Å²) in [5.41, 5.74) is 0.000199. The number of hydrogen-bond donors (Lipinski definition) is 2. The van der Waals surface area contributed by atoms with E-state index < -0.39 is 5.60 Å². The van der Waals surface area contributed by atoms with Gasteiger partial charge in [-0.2, -0.15) is 0 Å². The Kier molecular flexibility index (Phi) is 6.29. The summed E-state index contributed by atoms with van der Waals surface area (Å²) >= 11 is 1.61. The smallest absolute Gasteiger partial charge is 0.256 e. The summed E-state index contributed by atoms with van der Waals surface area (Å²) in [7, 11) is 0. The second-order valence-corrected chi connectivity index (χ2v) is 11.5. The average Bonchev–Trinajstić information content (AvgIpc) is 2.78. The van der Waals surface area contributed by atoms with Crippen molar-refractivity contribution in [2.45, 2.75) is 69.2 Å². The van der Waals surface area contributed by atoms with Crippen LogP contribution in [-0.4, -0.2) is 75.4 Å². The molecule has 8 nitrogen and oxygen atoms in total. The van der Waals surface area contributed by atoms with E-state index in [1.165, 1.54) is 0 Å². The second-order valence-electron chi connectivity index (χ2n) is 10.4. The SMILES string of the molecule is CCCSc1ncc(C(=O)NC2C3CC4CC2CC(O)(C4)C3)c(N2CCN(C(C)=O)CC2)n1. The monoisotopic (exact) mass is 473 g/mol. The number of thioether (sulfide) groups is 1. The normalized spacial score (nSPS) is 32.8. The minimum absolute atomic E-state index is 0.0815. The van der Waals surface area contributed by atoms with E-state index in [-0.39, 0.29) is 17.9 Å². The van der Waals surface area contributed by atoms with Crippen LogP contribution in [0.1, 0.15) is 62.7 Å². The summed E-state index contributed by atoms with van der Waals surface area (Å²) in [5, 5.41) is 14.9. The van der Waals surface area contributed by atoms with E-state index in [0.717, 1.165) is 44.3 Å². The third-order valence-corrected chi connectivity index (χ3v) is 9.06. The Morgan fingerprint density at radius 2 is 1.88 bits per heavy atom. The quantitative estimate of drug-likeness (QED) is 0.483. The Morgan fingerprint density at radius 1 is 1.18 bits per heavy atom. The summed E-state index contributed by atoms with van der Waals surface area (Å²) in [6.07, 6.45) is 7.44. The van der Waals surface area contributed by atoms with Crippen LogP contribution >= 0.6 is 11.8 Å². The molecular weight excluding hydrogens is 438 g/mol. The third kappa shape index (κ3) is 4.58. The number of nitrogens with zero attached hydrogens (tertiary/aromatic N) is 4. The van der Waals surface area contributed by atoms with E-state index in [2.05, 4.69) is 22.1 Å². The van der Waals surface area contributed by atoms with Crippen molar-refractivity contribution < 1.29 is 14.7 Å². The Bertz CT molecular complexity index is 903. The minimum atomic E-state index is -0.513. The Balaban J connectivity index is 1.35. The zero-order valence-corrected chi connectivity index (χ0v) is 20.4. The number of carbonyl (C=O) groups excluding carboxylic acids is 2. The van der Waals surface area contributed by atoms with Crippen molar-refractivity contribution in [2.75, 3.05) is 36.8 Å². The van der Waals surface area contributed by atoms with Gasteiger partial charge in [0.1, 0.15) is 11.4 Å². The molecule has 180 valence electrons. The maximum Gasteiger partial charge on any atom is 0.256 e. The molecule has 4 saturated carbocycles. The number of piperazine rings is 1. The van der Waals surface area contributed by atoms with Crippen LogP contribution in [0.15, 0.2) is 11.4 Å². The van der Waals surface area contributed by atoms with Gasteiger partial charge in [0.05, 0.1) is 5.60 Å². The van der Waals surface area contributed by atoms with Crippen LogP contribution in [0.25, 0.3) is 0 Å². The molecule has 1 saturated heterocycles. The first kappa shape index (κ1) is 22.9. The van der Waals surface area contributed by atoms with Crippen LogP contribution < -0.4 is 10.2 Å². The Labute approximate surface area is 199 Å². The number of rotatable bonds is 6. The summed E-state index contributed by atoms with van der Waals surface area (Å²) in [6, 6.07) is 0.117. The number of aliphatic hydroxyl groups is 1. The van der Waals surface area contributed by atoms with Gasteiger partial charge >= 0.3 is 0 Å². The number of hydrogen-bond acceptors (Lipinski definition) is 7. The van der Waals surface area contributed by atoms with Gasteiger partial charge in [-0.25, -0.2) is 9.97 Å². The summed E-state index contributed by atoms with van der Waals surface area (Å²) in [5.74, 6) is 2.88. The van der Waals surface area contributed by atoms with Gasteiger partial charge in [0.25, 0.3) is 5.91 Å². The molecule has 2 N–H and O–H groups in total. The lowest BCUT2D eigenvalue weighted by atomic mass is 9.52. The second kappa shape index (κ2) is 9.06. The largest absolute Gasteiger partial charge is 0.390 e. The first-order valence-corrected chi connectivity index (χ1v) is 13.4. The zero-order chi connectivity index (χ0) is 23.2. The molecule has 1 aromatic rings. The topological polar surface area (TPSA) is 98.7 Å². The van der Waals surface area contributed by atoms with E-state index in [9.17, 15) is 14.7 Å². The van der Waals surface area contributed by atoms with Gasteiger partial charge in [-0.1, -0.05) is 18.7 Å². The van der Waals surface area contributed by atoms with Gasteiger partial charge in [0, 0.05) is 51.1 Å². The fourth-order valence-electron chi connectivity index (χ4n) is 6.70. The molecule has 0 aromatic carbocycles. The van der Waals surface area contributed by atoms with Gasteiger partial charge < -0.3 is 20.2 Å². The van der Waals surface area contributed by atoms with Gasteiger partial charge in [0.2, 0.25) is 5.91 Å². The molecule has 2 atom stereocenters. The van der Waals surface area contributed by atoms with Gasteiger partial charge in [-0.15, -0.1) is 0 Å². The van der Waals surface area contributed by atoms with Crippen LogP contribution in [-0.2, 0) is 4.79 Å². The molecule has 2 amide bonds. The first-order valence-electron chi connectivity index (χ1n) is 12.4. The third-order valence-electron chi connectivity index (χ3n) is 7.99. The molecule has 1 aliphatic heterocycles. The van der Waals surface area contributed by atoms with E-state index in [1.54, 1.807) is 24.9 Å². The van der Waals surface area contributed by atoms with E-state index in [0.29, 0.717) is 60.5 Å². The number of anilines is 1. The fourth-order valence-corrected chi connectivity index (χ4v) is 7.37. The lowest BCUT2D eigenvalue weighted by molar-refractivity contribution is -0.137. The van der Waals surface area contributed by atoms with Gasteiger partial charge in [0.15, 0.2) is 5.16 Å². The van der Waals surface area contributed by atoms with Crippen molar-refractivity contribution in [3.05, 3.63) is 11.8 Å². The number of aromatic nitrogens is 2. The minimum Gasteiger partial charge on any atom is -0.390 e. The van der Waals surface area contributed by atoms with Crippen LogP contribution in [0, 0.1) is 17.8 Å². The molecule has 1 aromatic heterocycles. The standard InChI is InChI=1S/C24H35N5O3S/c1-3-8-33-23-25-14-19(21(27-23)29-6-4-28(5-7-29)15(2)30)22(31)26-20-17-9-16-10-18(20)13-24(32,11-16)12-17/h14,16-18,20,32H,3-13H2,1-2H3,(H,26,31). The predicted molar refractivity (Wildman–Crippen MR) is 127 cm³/mol. The molecule has 4 aliphatic carbocycles. The highest BCUT2D eigenvalue weighted by Gasteiger charge is 2.55. The zero-order valence-electron chi connectivity index (χ0n) is 19.6. The molecule has 0 radical (unpaired) electrons. The maximum absolute atomic E-state index is 13.5. The van der Waals surface area contributed by atoms with Crippen molar-refractivity contribution in [3.8, 4) is 0 Å². The lowest BCUT2D eigenvalue weighted by Gasteiger charge is -2.58. The average molecular weight is 474 g/mol. The highest BCUT2D eigenvalue weighted by molar-refractivity contribution is 7.99. The van der Waals surface area contributed by atoms with Crippen molar-refractivity contribution in [2.24, 2.45) is 17.8 Å². The van der Waals surface area contributed by atoms with Crippen LogP contribution in [0.4, 0.5) is 5.82 Å². The molecule has 5 aliphatic rings. The number of amides is 2. The highest BCUT2D eigenvalue weighted by atomic mass is 32.2. The molecule has 9 heteroatoms. The molecule has 0 spiro atoms. The molecule has 6 rings (SSSR count). The highest BCUT2D eigenvalue weighted by Crippen LogP contribution is 2.55. The molecule has 33 heavy (non-hydrogen) atoms. The van der Waals surface area contributed by atoms with Crippen molar-refractivity contribution in [1.82, 2.24) is 20.2 Å². The number of carbonyl (C=O) groups is 2. The van der Waals surface area contributed by atoms with Gasteiger partial charge in [-0.05, 0) is 56.3 Å². The number of nitrogens with one attached hydrogen (secondary N) is 1. The Morgan fingerprint density at radius 3 is 2.48 bits per heavy atom. The Hall–Kier alpha value is -1.87. The van der Waals surface area contributed by atoms with Crippen molar-refractivity contribution in [3.63, 3.8) is 0 Å². The summed E-state index contributed by atoms with van der Waals surface area (Å²) < 4.78 is 0. The van der Waals surface area contributed by atoms with E-state index in [1.807, 2.05) is 4.90 Å². The summed E-state index contributed by atoms with van der Waals surface area (Å²) in [4.78, 5) is 38.5. The first-order chi connectivity index (χ1) is 15.8. The van der Waals surface area contributed by atoms with E-state index in [4.69, 9.17) is 4.98 Å². The van der Waals surface area contributed by atoms with Crippen LogP contribution in [0.3, 0.4) is 0 Å². The van der Waals surface area contributed by atoms with Crippen molar-refractivity contribution >= 4 is 29.4 Å². The molecule has 2 heterocycles.